The number of anilines is 1. The Morgan fingerprint density at radius 1 is 1.02 bits per heavy atom. The third kappa shape index (κ3) is 6.06. The highest BCUT2D eigenvalue weighted by atomic mass is 32.1. The maximum atomic E-state index is 14.1. The van der Waals surface area contributed by atoms with Crippen molar-refractivity contribution in [2.75, 3.05) is 31.9 Å². The molecule has 2 aliphatic rings. The van der Waals surface area contributed by atoms with E-state index < -0.39 is 5.60 Å². The van der Waals surface area contributed by atoms with Crippen molar-refractivity contribution in [2.24, 2.45) is 13.0 Å². The predicted octanol–water partition coefficient (Wildman–Crippen LogP) is 3.74. The summed E-state index contributed by atoms with van der Waals surface area (Å²) in [4.78, 5) is 54.7. The van der Waals surface area contributed by atoms with Crippen molar-refractivity contribution in [1.29, 1.82) is 0 Å². The number of thiophene rings is 1. The average molecular weight is 652 g/mol. The van der Waals surface area contributed by atoms with Crippen LogP contribution in [0.1, 0.15) is 40.4 Å². The minimum Gasteiger partial charge on any atom is -0.388 e. The zero-order valence-electron chi connectivity index (χ0n) is 26.2. The van der Waals surface area contributed by atoms with Crippen molar-refractivity contribution in [3.8, 4) is 10.4 Å². The lowest BCUT2D eigenvalue weighted by Crippen LogP contribution is -2.53. The van der Waals surface area contributed by atoms with Gasteiger partial charge in [-0.25, -0.2) is 9.97 Å². The Morgan fingerprint density at radius 3 is 2.57 bits per heavy atom. The molecule has 0 unspecified atom stereocenters. The van der Waals surface area contributed by atoms with Gasteiger partial charge in [0.25, 0.3) is 11.5 Å². The summed E-state index contributed by atoms with van der Waals surface area (Å²) < 4.78 is 3.27. The number of likely N-dealkylation sites (tertiary alicyclic amines) is 2. The number of piperidine rings is 2. The molecule has 47 heavy (non-hydrogen) atoms. The maximum absolute atomic E-state index is 14.1. The van der Waals surface area contributed by atoms with Crippen LogP contribution in [0.25, 0.3) is 21.5 Å². The fourth-order valence-corrected chi connectivity index (χ4v) is 7.95. The number of fused-ring (bicyclic) bond motifs is 1. The summed E-state index contributed by atoms with van der Waals surface area (Å²) in [5.74, 6) is -0.0253. The molecule has 1 aromatic carbocycles. The van der Waals surface area contributed by atoms with E-state index in [0.717, 1.165) is 16.0 Å². The van der Waals surface area contributed by atoms with Gasteiger partial charge in [0, 0.05) is 62.3 Å². The van der Waals surface area contributed by atoms with E-state index in [0.29, 0.717) is 67.2 Å². The van der Waals surface area contributed by atoms with Crippen LogP contribution in [0.4, 0.5) is 5.82 Å². The summed E-state index contributed by atoms with van der Waals surface area (Å²) in [5, 5.41) is 12.0. The third-order valence-electron chi connectivity index (χ3n) is 9.65. The van der Waals surface area contributed by atoms with E-state index in [2.05, 4.69) is 9.97 Å². The molecule has 3 N–H and O–H groups in total. The van der Waals surface area contributed by atoms with E-state index in [4.69, 9.17) is 5.73 Å². The number of carbonyl (C=O) groups excluding carboxylic acids is 2. The topological polar surface area (TPSA) is 140 Å². The van der Waals surface area contributed by atoms with Gasteiger partial charge in [0.1, 0.15) is 17.8 Å². The van der Waals surface area contributed by atoms with Crippen LogP contribution in [0.2, 0.25) is 0 Å². The summed E-state index contributed by atoms with van der Waals surface area (Å²) in [6.07, 6.45) is 6.20. The van der Waals surface area contributed by atoms with Gasteiger partial charge in [-0.2, -0.15) is 0 Å². The van der Waals surface area contributed by atoms with Crippen LogP contribution in [0.15, 0.2) is 84.2 Å². The van der Waals surface area contributed by atoms with Gasteiger partial charge >= 0.3 is 0 Å². The highest BCUT2D eigenvalue weighted by Gasteiger charge is 2.42. The number of carbonyl (C=O) groups is 2. The van der Waals surface area contributed by atoms with E-state index in [-0.39, 0.29) is 35.8 Å². The van der Waals surface area contributed by atoms with Crippen LogP contribution in [0.5, 0.6) is 0 Å². The molecule has 0 spiro atoms. The number of nitrogen functional groups attached to an aromatic ring is 1. The van der Waals surface area contributed by atoms with Crippen LogP contribution >= 0.6 is 11.3 Å². The van der Waals surface area contributed by atoms with Gasteiger partial charge in [0.2, 0.25) is 5.91 Å². The van der Waals surface area contributed by atoms with Crippen LogP contribution in [0.3, 0.4) is 0 Å². The highest BCUT2D eigenvalue weighted by Crippen LogP contribution is 2.37. The van der Waals surface area contributed by atoms with Gasteiger partial charge in [-0.1, -0.05) is 30.3 Å². The van der Waals surface area contributed by atoms with Gasteiger partial charge in [0.15, 0.2) is 0 Å². The first-order valence-corrected chi connectivity index (χ1v) is 16.7. The zero-order chi connectivity index (χ0) is 32.7. The lowest BCUT2D eigenvalue weighted by atomic mass is 9.79. The first-order valence-electron chi connectivity index (χ1n) is 15.9. The number of aromatic nitrogens is 4. The van der Waals surface area contributed by atoms with Gasteiger partial charge in [-0.3, -0.25) is 19.0 Å². The van der Waals surface area contributed by atoms with Crippen molar-refractivity contribution in [3.05, 3.63) is 100 Å². The summed E-state index contributed by atoms with van der Waals surface area (Å²) in [6.45, 7) is 1.82. The maximum Gasteiger partial charge on any atom is 0.263 e. The standard InChI is InChI=1S/C35H37N7O4S/c1-39-15-10-26-31(39)38-22-42(33(26)44)21-35(46)12-17-40(18-13-35)32(43)25-11-16-41(20-27(25)23-5-3-2-4-6-23)34(45)29-8-7-28(47-29)24-9-14-37-30(36)19-24/h2-10,14-15,19,22,25,27,46H,11-13,16-18,20-21H2,1H3,(H2,36,37)/t25-,27+/m1/s1. The number of rotatable bonds is 6. The number of nitrogens with two attached hydrogens (primary N) is 1. The number of hydrogen-bond donors (Lipinski definition) is 2. The van der Waals surface area contributed by atoms with Crippen LogP contribution < -0.4 is 11.3 Å². The number of hydrogen-bond acceptors (Lipinski definition) is 8. The summed E-state index contributed by atoms with van der Waals surface area (Å²) in [7, 11) is 1.84. The SMILES string of the molecule is Cn1ccc2c(=O)n(CC3(O)CCN(C(=O)[C@@H]4CCN(C(=O)c5ccc(-c6ccnc(N)c6)s5)C[C@H]4c4ccccc4)CC3)cnc21. The first kappa shape index (κ1) is 30.8. The van der Waals surface area contributed by atoms with Crippen LogP contribution in [-0.4, -0.2) is 77.6 Å². The Morgan fingerprint density at radius 2 is 1.81 bits per heavy atom. The molecule has 0 saturated carbocycles. The van der Waals surface area contributed by atoms with E-state index >= 15 is 0 Å². The zero-order valence-corrected chi connectivity index (χ0v) is 27.0. The molecule has 0 radical (unpaired) electrons. The molecule has 7 rings (SSSR count). The molecule has 6 heterocycles. The number of pyridine rings is 1. The van der Waals surface area contributed by atoms with Crippen molar-refractivity contribution in [2.45, 2.75) is 37.3 Å². The number of aliphatic hydroxyl groups is 1. The van der Waals surface area contributed by atoms with Crippen LogP contribution in [0, 0.1) is 5.92 Å². The Kier molecular flexibility index (Phi) is 8.15. The molecule has 2 fully saturated rings. The van der Waals surface area contributed by atoms with Crippen molar-refractivity contribution < 1.29 is 14.7 Å². The minimum atomic E-state index is -1.12. The monoisotopic (exact) mass is 651 g/mol. The molecule has 5 aromatic rings. The molecule has 4 aromatic heterocycles. The van der Waals surface area contributed by atoms with Gasteiger partial charge < -0.3 is 25.2 Å². The molecular formula is C35H37N7O4S. The largest absolute Gasteiger partial charge is 0.388 e. The predicted molar refractivity (Wildman–Crippen MR) is 181 cm³/mol. The third-order valence-corrected chi connectivity index (χ3v) is 10.8. The van der Waals surface area contributed by atoms with E-state index in [1.165, 1.54) is 22.2 Å². The number of aryl methyl sites for hydroxylation is 1. The van der Waals surface area contributed by atoms with Crippen LogP contribution in [-0.2, 0) is 18.4 Å². The summed E-state index contributed by atoms with van der Waals surface area (Å²) in [6, 6.07) is 19.1. The molecule has 2 amide bonds. The second-order valence-corrected chi connectivity index (χ2v) is 13.8. The molecule has 2 aliphatic heterocycles. The van der Waals surface area contributed by atoms with Crippen molar-refractivity contribution >= 4 is 40.0 Å². The van der Waals surface area contributed by atoms with Crippen molar-refractivity contribution in [1.82, 2.24) is 28.9 Å². The normalized spacial score (nSPS) is 19.6. The molecule has 2 saturated heterocycles. The lowest BCUT2D eigenvalue weighted by molar-refractivity contribution is -0.142. The fraction of sp³-hybridized carbons (Fsp3) is 0.343. The average Bonchev–Trinajstić information content (AvgIpc) is 3.74. The molecular weight excluding hydrogens is 614 g/mol. The first-order chi connectivity index (χ1) is 22.7. The number of nitrogens with zero attached hydrogens (tertiary/aromatic N) is 6. The molecule has 242 valence electrons. The fourth-order valence-electron chi connectivity index (χ4n) is 6.98. The number of amides is 2. The molecule has 0 bridgehead atoms. The summed E-state index contributed by atoms with van der Waals surface area (Å²) >= 11 is 1.43. The Bertz CT molecular complexity index is 1990. The second kappa shape index (κ2) is 12.4. The lowest BCUT2D eigenvalue weighted by Gasteiger charge is -2.43. The minimum absolute atomic E-state index is 0.0448. The summed E-state index contributed by atoms with van der Waals surface area (Å²) in [5.41, 5.74) is 7.11. The Labute approximate surface area is 275 Å². The Balaban J connectivity index is 1.04. The molecule has 2 atom stereocenters. The smallest absolute Gasteiger partial charge is 0.263 e. The molecule has 12 heteroatoms. The number of benzene rings is 1. The quantitative estimate of drug-likeness (QED) is 0.285. The van der Waals surface area contributed by atoms with E-state index in [1.54, 1.807) is 29.1 Å². The van der Waals surface area contributed by atoms with E-state index in [9.17, 15) is 19.5 Å². The highest BCUT2D eigenvalue weighted by molar-refractivity contribution is 7.17. The van der Waals surface area contributed by atoms with Crippen molar-refractivity contribution in [3.63, 3.8) is 0 Å². The van der Waals surface area contributed by atoms with Gasteiger partial charge in [-0.05, 0) is 60.7 Å². The van der Waals surface area contributed by atoms with Gasteiger partial charge in [-0.15, -0.1) is 11.3 Å². The second-order valence-electron chi connectivity index (χ2n) is 12.7. The molecule has 0 aliphatic carbocycles. The van der Waals surface area contributed by atoms with E-state index in [1.807, 2.05) is 65.4 Å². The Hall–Kier alpha value is -4.81. The van der Waals surface area contributed by atoms with Gasteiger partial charge in [0.05, 0.1) is 22.4 Å². The molecule has 11 nitrogen and oxygen atoms in total.